The minimum Gasteiger partial charge on any atom is -0.350 e. The minimum atomic E-state index is -0.589. The van der Waals surface area contributed by atoms with Crippen LogP contribution in [0, 0.1) is 0 Å². The number of hydrogen-bond acceptors (Lipinski definition) is 3. The van der Waals surface area contributed by atoms with Crippen LogP contribution < -0.4 is 5.73 Å². The molecule has 0 atom stereocenters. The Kier molecular flexibility index (Phi) is 2.32. The van der Waals surface area contributed by atoms with E-state index in [1.807, 2.05) is 36.5 Å². The molecule has 0 radical (unpaired) electrons. The fourth-order valence-electron chi connectivity index (χ4n) is 2.57. The second-order valence-electron chi connectivity index (χ2n) is 4.77. The van der Waals surface area contributed by atoms with E-state index in [2.05, 4.69) is 15.1 Å². The van der Waals surface area contributed by atoms with Crippen molar-refractivity contribution in [2.24, 2.45) is 5.73 Å². The Hall–Kier alpha value is -3.15. The summed E-state index contributed by atoms with van der Waals surface area (Å²) in [5.74, 6) is 0. The van der Waals surface area contributed by atoms with E-state index in [0.29, 0.717) is 5.52 Å². The van der Waals surface area contributed by atoms with Crippen LogP contribution in [0.5, 0.6) is 0 Å². The molecule has 21 heavy (non-hydrogen) atoms. The molecule has 102 valence electrons. The first kappa shape index (κ1) is 11.7. The summed E-state index contributed by atoms with van der Waals surface area (Å²) in [7, 11) is 0. The van der Waals surface area contributed by atoms with Crippen LogP contribution in [0.2, 0.25) is 0 Å². The zero-order chi connectivity index (χ0) is 14.4. The molecule has 6 heteroatoms. The zero-order valence-electron chi connectivity index (χ0n) is 10.9. The summed E-state index contributed by atoms with van der Waals surface area (Å²) in [6, 6.07) is 9.11. The number of nitrogens with one attached hydrogen (secondary N) is 1. The first-order valence-corrected chi connectivity index (χ1v) is 6.44. The van der Waals surface area contributed by atoms with Gasteiger partial charge in [0.05, 0.1) is 11.7 Å². The molecule has 1 aromatic carbocycles. The third-order valence-corrected chi connectivity index (χ3v) is 3.54. The van der Waals surface area contributed by atoms with Gasteiger partial charge in [-0.25, -0.2) is 9.78 Å². The smallest absolute Gasteiger partial charge is 0.340 e. The van der Waals surface area contributed by atoms with E-state index in [9.17, 15) is 4.79 Å². The van der Waals surface area contributed by atoms with E-state index in [-0.39, 0.29) is 0 Å². The molecule has 0 unspecified atom stereocenters. The Labute approximate surface area is 119 Å². The molecule has 0 aliphatic carbocycles. The first-order valence-electron chi connectivity index (χ1n) is 6.44. The highest BCUT2D eigenvalue weighted by atomic mass is 16.2. The molecule has 4 rings (SSSR count). The van der Waals surface area contributed by atoms with Gasteiger partial charge < -0.3 is 10.7 Å². The number of H-pyrrole nitrogens is 1. The molecule has 0 aliphatic heterocycles. The molecule has 4 aromatic rings. The molecule has 6 nitrogen and oxygen atoms in total. The maximum absolute atomic E-state index is 11.3. The van der Waals surface area contributed by atoms with Crippen molar-refractivity contribution < 1.29 is 4.79 Å². The Morgan fingerprint density at radius 1 is 1.29 bits per heavy atom. The molecule has 0 aliphatic rings. The highest BCUT2D eigenvalue weighted by Gasteiger charge is 2.10. The number of aromatic nitrogens is 4. The van der Waals surface area contributed by atoms with Gasteiger partial charge in [0.1, 0.15) is 5.65 Å². The molecule has 1 amide bonds. The fraction of sp³-hybridized carbons (Fsp3) is 0. The highest BCUT2D eigenvalue weighted by Crippen LogP contribution is 2.29. The SMILES string of the molecule is NC(=O)n1ncc2cc(-c3c[nH]c4ncccc34)ccc21. The van der Waals surface area contributed by atoms with E-state index in [0.717, 1.165) is 27.5 Å². The lowest BCUT2D eigenvalue weighted by atomic mass is 10.0. The van der Waals surface area contributed by atoms with Crippen LogP contribution in [0.1, 0.15) is 0 Å². The number of rotatable bonds is 1. The predicted octanol–water partition coefficient (Wildman–Crippen LogP) is 2.51. The van der Waals surface area contributed by atoms with Gasteiger partial charge in [0.25, 0.3) is 0 Å². The van der Waals surface area contributed by atoms with Crippen LogP contribution in [-0.4, -0.2) is 25.8 Å². The minimum absolute atomic E-state index is 0.589. The van der Waals surface area contributed by atoms with Gasteiger partial charge in [-0.15, -0.1) is 0 Å². The molecule has 0 spiro atoms. The van der Waals surface area contributed by atoms with Crippen molar-refractivity contribution in [3.05, 3.63) is 48.9 Å². The molecule has 0 saturated carbocycles. The predicted molar refractivity (Wildman–Crippen MR) is 79.8 cm³/mol. The van der Waals surface area contributed by atoms with Gasteiger partial charge >= 0.3 is 6.03 Å². The Bertz CT molecular complexity index is 982. The first-order chi connectivity index (χ1) is 10.2. The molecule has 0 bridgehead atoms. The number of pyridine rings is 1. The largest absolute Gasteiger partial charge is 0.350 e. The lowest BCUT2D eigenvalue weighted by molar-refractivity contribution is 0.248. The topological polar surface area (TPSA) is 89.6 Å². The number of nitrogens with two attached hydrogens (primary N) is 1. The molecule has 0 fully saturated rings. The van der Waals surface area contributed by atoms with Crippen molar-refractivity contribution in [3.8, 4) is 11.1 Å². The van der Waals surface area contributed by atoms with Crippen LogP contribution >= 0.6 is 0 Å². The van der Waals surface area contributed by atoms with Crippen molar-refractivity contribution >= 4 is 28.0 Å². The number of primary amides is 1. The number of nitrogens with zero attached hydrogens (tertiary/aromatic N) is 3. The van der Waals surface area contributed by atoms with E-state index in [1.54, 1.807) is 12.4 Å². The van der Waals surface area contributed by atoms with Gasteiger partial charge in [0.15, 0.2) is 0 Å². The van der Waals surface area contributed by atoms with E-state index in [1.165, 1.54) is 4.68 Å². The summed E-state index contributed by atoms with van der Waals surface area (Å²) < 4.78 is 1.19. The monoisotopic (exact) mass is 277 g/mol. The summed E-state index contributed by atoms with van der Waals surface area (Å²) in [6.07, 6.45) is 5.32. The summed E-state index contributed by atoms with van der Waals surface area (Å²) in [4.78, 5) is 18.7. The van der Waals surface area contributed by atoms with Crippen LogP contribution in [-0.2, 0) is 0 Å². The number of hydrogen-bond donors (Lipinski definition) is 2. The third-order valence-electron chi connectivity index (χ3n) is 3.54. The van der Waals surface area contributed by atoms with E-state index < -0.39 is 6.03 Å². The Morgan fingerprint density at radius 2 is 2.19 bits per heavy atom. The average molecular weight is 277 g/mol. The number of carbonyl (C=O) groups is 1. The third kappa shape index (κ3) is 1.69. The van der Waals surface area contributed by atoms with Gasteiger partial charge in [-0.05, 0) is 29.8 Å². The number of fused-ring (bicyclic) bond motifs is 2. The molecule has 3 aromatic heterocycles. The Morgan fingerprint density at radius 3 is 3.05 bits per heavy atom. The number of benzene rings is 1. The molecular formula is C15H11N5O. The van der Waals surface area contributed by atoms with Crippen molar-refractivity contribution in [1.29, 1.82) is 0 Å². The molecule has 3 heterocycles. The summed E-state index contributed by atoms with van der Waals surface area (Å²) in [6.45, 7) is 0. The maximum Gasteiger partial charge on any atom is 0.340 e. The van der Waals surface area contributed by atoms with Gasteiger partial charge in [-0.3, -0.25) is 0 Å². The van der Waals surface area contributed by atoms with Crippen LogP contribution in [0.4, 0.5) is 4.79 Å². The van der Waals surface area contributed by atoms with Crippen molar-refractivity contribution in [2.45, 2.75) is 0 Å². The number of aromatic amines is 1. The second-order valence-corrected chi connectivity index (χ2v) is 4.77. The maximum atomic E-state index is 11.3. The van der Waals surface area contributed by atoms with Crippen LogP contribution in [0.15, 0.2) is 48.9 Å². The van der Waals surface area contributed by atoms with Crippen molar-refractivity contribution in [1.82, 2.24) is 19.7 Å². The van der Waals surface area contributed by atoms with Crippen LogP contribution in [0.3, 0.4) is 0 Å². The van der Waals surface area contributed by atoms with Gasteiger partial charge in [-0.2, -0.15) is 9.78 Å². The summed E-state index contributed by atoms with van der Waals surface area (Å²) >= 11 is 0. The zero-order valence-corrected chi connectivity index (χ0v) is 10.9. The normalized spacial score (nSPS) is 11.2. The standard InChI is InChI=1S/C15H11N5O/c16-15(21)20-13-4-3-9(6-10(13)7-19-20)12-8-18-14-11(12)2-1-5-17-14/h1-8H,(H2,16,21)(H,17,18). The van der Waals surface area contributed by atoms with Crippen molar-refractivity contribution in [3.63, 3.8) is 0 Å². The van der Waals surface area contributed by atoms with Gasteiger partial charge in [-0.1, -0.05) is 6.07 Å². The van der Waals surface area contributed by atoms with Gasteiger partial charge in [0.2, 0.25) is 0 Å². The quantitative estimate of drug-likeness (QED) is 0.560. The average Bonchev–Trinajstić information content (AvgIpc) is 3.10. The lowest BCUT2D eigenvalue weighted by Crippen LogP contribution is -2.20. The van der Waals surface area contributed by atoms with Crippen molar-refractivity contribution in [2.75, 3.05) is 0 Å². The summed E-state index contributed by atoms with van der Waals surface area (Å²) in [5, 5.41) is 5.92. The van der Waals surface area contributed by atoms with Gasteiger partial charge in [0, 0.05) is 28.7 Å². The van der Waals surface area contributed by atoms with E-state index >= 15 is 0 Å². The van der Waals surface area contributed by atoms with Crippen LogP contribution in [0.25, 0.3) is 33.1 Å². The fourth-order valence-corrected chi connectivity index (χ4v) is 2.57. The molecule has 0 saturated heterocycles. The Balaban J connectivity index is 1.93. The second kappa shape index (κ2) is 4.17. The molecular weight excluding hydrogens is 266 g/mol. The summed E-state index contributed by atoms with van der Waals surface area (Å²) in [5.41, 5.74) is 8.92. The number of amides is 1. The highest BCUT2D eigenvalue weighted by molar-refractivity contribution is 5.97. The lowest BCUT2D eigenvalue weighted by Gasteiger charge is -2.01. The molecule has 3 N–H and O–H groups in total. The number of carbonyl (C=O) groups excluding carboxylic acids is 1. The van der Waals surface area contributed by atoms with E-state index in [4.69, 9.17) is 5.73 Å².